The van der Waals surface area contributed by atoms with Crippen LogP contribution in [0.4, 0.5) is 0 Å². The van der Waals surface area contributed by atoms with Crippen LogP contribution in [-0.4, -0.2) is 23.7 Å². The first-order valence-corrected chi connectivity index (χ1v) is 6.10. The van der Waals surface area contributed by atoms with Gasteiger partial charge in [0.2, 0.25) is 0 Å². The molecule has 1 aliphatic rings. The Morgan fingerprint density at radius 3 is 2.47 bits per heavy atom. The van der Waals surface area contributed by atoms with E-state index in [2.05, 4.69) is 12.2 Å². The summed E-state index contributed by atoms with van der Waals surface area (Å²) in [6.45, 7) is 5.11. The number of carboxylic acids is 1. The SMILES string of the molecule is CCCC(NCC1(CCC)CC1)C(=O)O. The fraction of sp³-hybridized carbons (Fsp3) is 0.917. The van der Waals surface area contributed by atoms with Gasteiger partial charge in [0, 0.05) is 6.54 Å². The van der Waals surface area contributed by atoms with E-state index >= 15 is 0 Å². The van der Waals surface area contributed by atoms with Crippen LogP contribution < -0.4 is 5.32 Å². The van der Waals surface area contributed by atoms with Crippen LogP contribution in [0, 0.1) is 5.41 Å². The Kier molecular flexibility index (Phi) is 4.58. The molecule has 3 heteroatoms. The summed E-state index contributed by atoms with van der Waals surface area (Å²) in [5, 5.41) is 12.2. The van der Waals surface area contributed by atoms with Gasteiger partial charge >= 0.3 is 5.97 Å². The van der Waals surface area contributed by atoms with Gasteiger partial charge in [-0.05, 0) is 31.1 Å². The molecule has 1 saturated carbocycles. The number of nitrogens with one attached hydrogen (secondary N) is 1. The first-order chi connectivity index (χ1) is 7.13. The average molecular weight is 213 g/mol. The molecule has 1 fully saturated rings. The topological polar surface area (TPSA) is 49.3 Å². The van der Waals surface area contributed by atoms with E-state index in [9.17, 15) is 4.79 Å². The highest BCUT2D eigenvalue weighted by atomic mass is 16.4. The third-order valence-electron chi connectivity index (χ3n) is 3.34. The van der Waals surface area contributed by atoms with Crippen LogP contribution in [0.15, 0.2) is 0 Å². The van der Waals surface area contributed by atoms with Crippen LogP contribution in [0.1, 0.15) is 52.4 Å². The zero-order valence-electron chi connectivity index (χ0n) is 9.88. The Labute approximate surface area is 92.3 Å². The quantitative estimate of drug-likeness (QED) is 0.651. The molecule has 1 atom stereocenters. The van der Waals surface area contributed by atoms with Crippen molar-refractivity contribution in [2.75, 3.05) is 6.54 Å². The number of hydrogen-bond donors (Lipinski definition) is 2. The highest BCUT2D eigenvalue weighted by Gasteiger charge is 2.41. The number of aliphatic carboxylic acids is 1. The number of carbonyl (C=O) groups is 1. The molecular formula is C12H23NO2. The van der Waals surface area contributed by atoms with Crippen LogP contribution in [0.5, 0.6) is 0 Å². The maximum atomic E-state index is 10.9. The molecule has 1 rings (SSSR count). The summed E-state index contributed by atoms with van der Waals surface area (Å²) in [6.07, 6.45) is 6.63. The van der Waals surface area contributed by atoms with Crippen molar-refractivity contribution in [1.29, 1.82) is 0 Å². The van der Waals surface area contributed by atoms with Gasteiger partial charge in [0.25, 0.3) is 0 Å². The summed E-state index contributed by atoms with van der Waals surface area (Å²) in [7, 11) is 0. The second-order valence-corrected chi connectivity index (χ2v) is 4.81. The van der Waals surface area contributed by atoms with Crippen LogP contribution in [0.25, 0.3) is 0 Å². The molecule has 0 aliphatic heterocycles. The minimum atomic E-state index is -0.704. The van der Waals surface area contributed by atoms with Gasteiger partial charge in [0.05, 0.1) is 0 Å². The summed E-state index contributed by atoms with van der Waals surface area (Å²) >= 11 is 0. The van der Waals surface area contributed by atoms with Gasteiger partial charge in [0.1, 0.15) is 6.04 Å². The van der Waals surface area contributed by atoms with Gasteiger partial charge in [-0.15, -0.1) is 0 Å². The molecule has 3 nitrogen and oxygen atoms in total. The molecule has 0 aromatic carbocycles. The fourth-order valence-corrected chi connectivity index (χ4v) is 2.16. The van der Waals surface area contributed by atoms with Crippen molar-refractivity contribution in [3.05, 3.63) is 0 Å². The van der Waals surface area contributed by atoms with Gasteiger partial charge in [-0.2, -0.15) is 0 Å². The minimum absolute atomic E-state index is 0.343. The van der Waals surface area contributed by atoms with E-state index in [1.54, 1.807) is 0 Å². The highest BCUT2D eigenvalue weighted by Crippen LogP contribution is 2.48. The van der Waals surface area contributed by atoms with Gasteiger partial charge in [-0.1, -0.05) is 26.7 Å². The second-order valence-electron chi connectivity index (χ2n) is 4.81. The summed E-state index contributed by atoms with van der Waals surface area (Å²) < 4.78 is 0. The smallest absolute Gasteiger partial charge is 0.320 e. The fourth-order valence-electron chi connectivity index (χ4n) is 2.16. The third kappa shape index (κ3) is 3.82. The largest absolute Gasteiger partial charge is 0.480 e. The van der Waals surface area contributed by atoms with Gasteiger partial charge in [-0.25, -0.2) is 0 Å². The van der Waals surface area contributed by atoms with Crippen molar-refractivity contribution in [2.24, 2.45) is 5.41 Å². The highest BCUT2D eigenvalue weighted by molar-refractivity contribution is 5.73. The monoisotopic (exact) mass is 213 g/mol. The summed E-state index contributed by atoms with van der Waals surface area (Å²) in [6, 6.07) is -0.343. The molecule has 0 aromatic rings. The molecule has 0 bridgehead atoms. The standard InChI is InChI=1S/C12H23NO2/c1-3-5-10(11(14)15)13-9-12(6-4-2)7-8-12/h10,13H,3-9H2,1-2H3,(H,14,15). The van der Waals surface area contributed by atoms with Crippen LogP contribution in [0.2, 0.25) is 0 Å². The van der Waals surface area contributed by atoms with Crippen molar-refractivity contribution >= 4 is 5.97 Å². The Morgan fingerprint density at radius 2 is 2.07 bits per heavy atom. The van der Waals surface area contributed by atoms with E-state index in [4.69, 9.17) is 5.11 Å². The third-order valence-corrected chi connectivity index (χ3v) is 3.34. The molecule has 0 radical (unpaired) electrons. The Morgan fingerprint density at radius 1 is 1.40 bits per heavy atom. The zero-order valence-corrected chi connectivity index (χ0v) is 9.88. The van der Waals surface area contributed by atoms with Crippen molar-refractivity contribution < 1.29 is 9.90 Å². The van der Waals surface area contributed by atoms with Crippen molar-refractivity contribution in [1.82, 2.24) is 5.32 Å². The van der Waals surface area contributed by atoms with E-state index in [0.29, 0.717) is 5.41 Å². The van der Waals surface area contributed by atoms with Gasteiger partial charge in [0.15, 0.2) is 0 Å². The molecular weight excluding hydrogens is 190 g/mol. The van der Waals surface area contributed by atoms with E-state index in [-0.39, 0.29) is 6.04 Å². The first kappa shape index (κ1) is 12.5. The predicted molar refractivity (Wildman–Crippen MR) is 60.9 cm³/mol. The number of hydrogen-bond acceptors (Lipinski definition) is 2. The Bertz CT molecular complexity index is 212. The van der Waals surface area contributed by atoms with Crippen molar-refractivity contribution in [3.63, 3.8) is 0 Å². The maximum absolute atomic E-state index is 10.9. The normalized spacial score (nSPS) is 19.9. The van der Waals surface area contributed by atoms with Crippen LogP contribution in [-0.2, 0) is 4.79 Å². The molecule has 88 valence electrons. The molecule has 0 spiro atoms. The lowest BCUT2D eigenvalue weighted by molar-refractivity contribution is -0.139. The summed E-state index contributed by atoms with van der Waals surface area (Å²) in [5.41, 5.74) is 0.441. The first-order valence-electron chi connectivity index (χ1n) is 6.10. The van der Waals surface area contributed by atoms with Crippen molar-refractivity contribution in [2.45, 2.75) is 58.4 Å². The minimum Gasteiger partial charge on any atom is -0.480 e. The molecule has 15 heavy (non-hydrogen) atoms. The maximum Gasteiger partial charge on any atom is 0.320 e. The zero-order chi connectivity index (χ0) is 11.3. The van der Waals surface area contributed by atoms with Gasteiger partial charge < -0.3 is 10.4 Å². The number of rotatable bonds is 8. The Hall–Kier alpha value is -0.570. The van der Waals surface area contributed by atoms with E-state index in [1.807, 2.05) is 6.92 Å². The molecule has 0 amide bonds. The lowest BCUT2D eigenvalue weighted by Gasteiger charge is -2.19. The average Bonchev–Trinajstić information content (AvgIpc) is 2.93. The van der Waals surface area contributed by atoms with E-state index in [1.165, 1.54) is 25.7 Å². The molecule has 2 N–H and O–H groups in total. The van der Waals surface area contributed by atoms with Gasteiger partial charge in [-0.3, -0.25) is 4.79 Å². The van der Waals surface area contributed by atoms with Crippen LogP contribution in [0.3, 0.4) is 0 Å². The predicted octanol–water partition coefficient (Wildman–Crippen LogP) is 2.41. The molecule has 0 saturated heterocycles. The molecule has 1 aliphatic carbocycles. The van der Waals surface area contributed by atoms with Crippen LogP contribution >= 0.6 is 0 Å². The lowest BCUT2D eigenvalue weighted by atomic mass is 10.00. The lowest BCUT2D eigenvalue weighted by Crippen LogP contribution is -2.39. The van der Waals surface area contributed by atoms with Crippen molar-refractivity contribution in [3.8, 4) is 0 Å². The second kappa shape index (κ2) is 5.50. The molecule has 0 aromatic heterocycles. The Balaban J connectivity index is 2.30. The molecule has 1 unspecified atom stereocenters. The summed E-state index contributed by atoms with van der Waals surface area (Å²) in [5.74, 6) is -0.704. The van der Waals surface area contributed by atoms with E-state index < -0.39 is 5.97 Å². The summed E-state index contributed by atoms with van der Waals surface area (Å²) in [4.78, 5) is 10.9. The number of carboxylic acid groups (broad SMARTS) is 1. The molecule has 0 heterocycles. The van der Waals surface area contributed by atoms with E-state index in [0.717, 1.165) is 19.4 Å².